The van der Waals surface area contributed by atoms with Crippen LogP contribution >= 0.6 is 11.6 Å². The van der Waals surface area contributed by atoms with Crippen LogP contribution < -0.4 is 5.73 Å². The normalized spacial score (nSPS) is 10.6. The first-order valence-electron chi connectivity index (χ1n) is 3.71. The second-order valence-corrected chi connectivity index (χ2v) is 3.05. The summed E-state index contributed by atoms with van der Waals surface area (Å²) >= 11 is 5.64. The summed E-state index contributed by atoms with van der Waals surface area (Å²) in [6.45, 7) is 0. The molecule has 2 rings (SSSR count). The molecule has 2 N–H and O–H groups in total. The topological polar surface area (TPSA) is 57.0 Å². The van der Waals surface area contributed by atoms with Gasteiger partial charge in [-0.2, -0.15) is 5.10 Å². The van der Waals surface area contributed by atoms with Crippen LogP contribution in [0, 0.1) is 0 Å². The highest BCUT2D eigenvalue weighted by atomic mass is 35.5. The number of aromatic nitrogens is 2. The molecule has 0 aliphatic heterocycles. The molecule has 0 spiro atoms. The van der Waals surface area contributed by atoms with Gasteiger partial charge in [-0.15, -0.1) is 0 Å². The van der Waals surface area contributed by atoms with Crippen LogP contribution in [0.1, 0.15) is 0 Å². The molecular formula is C8H8ClN3O. The Balaban J connectivity index is 2.57. The third-order valence-corrected chi connectivity index (χ3v) is 1.98. The Labute approximate surface area is 79.9 Å². The lowest BCUT2D eigenvalue weighted by atomic mass is 10.3. The fourth-order valence-electron chi connectivity index (χ4n) is 1.20. The quantitative estimate of drug-likeness (QED) is 0.760. The Morgan fingerprint density at radius 1 is 1.54 bits per heavy atom. The minimum Gasteiger partial charge on any atom is -0.443 e. The average Bonchev–Trinajstić information content (AvgIpc) is 2.60. The summed E-state index contributed by atoms with van der Waals surface area (Å²) in [5, 5.41) is 4.33. The Morgan fingerprint density at radius 3 is 2.77 bits per heavy atom. The van der Waals surface area contributed by atoms with Crippen LogP contribution in [0.3, 0.4) is 0 Å². The SMILES string of the molecule is Cn1ncc(N)c1-c1ccc(Cl)o1. The van der Waals surface area contributed by atoms with Crippen molar-refractivity contribution in [3.63, 3.8) is 0 Å². The molecule has 2 aromatic heterocycles. The van der Waals surface area contributed by atoms with Crippen LogP contribution in [-0.4, -0.2) is 9.78 Å². The fourth-order valence-corrected chi connectivity index (χ4v) is 1.34. The molecule has 68 valence electrons. The Hall–Kier alpha value is -1.42. The summed E-state index contributed by atoms with van der Waals surface area (Å²) in [6.07, 6.45) is 1.58. The molecule has 0 fully saturated rings. The zero-order chi connectivity index (χ0) is 9.42. The van der Waals surface area contributed by atoms with Crippen molar-refractivity contribution in [3.05, 3.63) is 23.5 Å². The lowest BCUT2D eigenvalue weighted by Gasteiger charge is -1.97. The molecule has 0 radical (unpaired) electrons. The van der Waals surface area contributed by atoms with Gasteiger partial charge in [-0.3, -0.25) is 4.68 Å². The van der Waals surface area contributed by atoms with E-state index in [0.717, 1.165) is 5.69 Å². The van der Waals surface area contributed by atoms with Crippen LogP contribution in [0.25, 0.3) is 11.5 Å². The highest BCUT2D eigenvalue weighted by Gasteiger charge is 2.11. The molecule has 0 unspecified atom stereocenters. The number of nitrogens with zero attached hydrogens (tertiary/aromatic N) is 2. The molecular weight excluding hydrogens is 190 g/mol. The van der Waals surface area contributed by atoms with E-state index in [2.05, 4.69) is 5.10 Å². The van der Waals surface area contributed by atoms with Crippen molar-refractivity contribution in [2.45, 2.75) is 0 Å². The predicted octanol–water partition coefficient (Wildman–Crippen LogP) is 1.92. The molecule has 0 saturated carbocycles. The van der Waals surface area contributed by atoms with E-state index in [1.165, 1.54) is 0 Å². The summed E-state index contributed by atoms with van der Waals surface area (Å²) in [6, 6.07) is 3.43. The number of hydrogen-bond donors (Lipinski definition) is 1. The van der Waals surface area contributed by atoms with E-state index in [1.54, 1.807) is 30.1 Å². The number of aryl methyl sites for hydroxylation is 1. The van der Waals surface area contributed by atoms with Crippen molar-refractivity contribution >= 4 is 17.3 Å². The van der Waals surface area contributed by atoms with Crippen LogP contribution in [-0.2, 0) is 7.05 Å². The molecule has 0 amide bonds. The second-order valence-electron chi connectivity index (χ2n) is 2.68. The maximum Gasteiger partial charge on any atom is 0.194 e. The minimum atomic E-state index is 0.343. The maximum absolute atomic E-state index is 5.70. The summed E-state index contributed by atoms with van der Waals surface area (Å²) in [4.78, 5) is 0. The van der Waals surface area contributed by atoms with Gasteiger partial charge in [-0.05, 0) is 23.7 Å². The smallest absolute Gasteiger partial charge is 0.194 e. The van der Waals surface area contributed by atoms with Gasteiger partial charge in [0.2, 0.25) is 0 Å². The van der Waals surface area contributed by atoms with E-state index >= 15 is 0 Å². The van der Waals surface area contributed by atoms with Crippen LogP contribution in [0.15, 0.2) is 22.7 Å². The molecule has 0 aliphatic rings. The largest absolute Gasteiger partial charge is 0.443 e. The Kier molecular flexibility index (Phi) is 1.77. The van der Waals surface area contributed by atoms with E-state index in [0.29, 0.717) is 16.7 Å². The molecule has 0 aliphatic carbocycles. The van der Waals surface area contributed by atoms with Crippen LogP contribution in [0.2, 0.25) is 5.22 Å². The highest BCUT2D eigenvalue weighted by molar-refractivity contribution is 6.29. The number of halogens is 1. The maximum atomic E-state index is 5.70. The molecule has 0 aromatic carbocycles. The molecule has 0 bridgehead atoms. The molecule has 0 saturated heterocycles. The monoisotopic (exact) mass is 197 g/mol. The van der Waals surface area contributed by atoms with Crippen LogP contribution in [0.4, 0.5) is 5.69 Å². The van der Waals surface area contributed by atoms with Crippen molar-refractivity contribution in [2.75, 3.05) is 5.73 Å². The number of hydrogen-bond acceptors (Lipinski definition) is 3. The summed E-state index contributed by atoms with van der Waals surface area (Å²) in [7, 11) is 1.79. The van der Waals surface area contributed by atoms with E-state index in [9.17, 15) is 0 Å². The molecule has 5 heteroatoms. The molecule has 4 nitrogen and oxygen atoms in total. The van der Waals surface area contributed by atoms with Gasteiger partial charge in [0.05, 0.1) is 11.9 Å². The lowest BCUT2D eigenvalue weighted by Crippen LogP contribution is -1.94. The fraction of sp³-hybridized carbons (Fsp3) is 0.125. The first-order chi connectivity index (χ1) is 6.18. The van der Waals surface area contributed by atoms with Gasteiger partial charge < -0.3 is 10.2 Å². The molecule has 0 atom stereocenters. The summed E-state index contributed by atoms with van der Waals surface area (Å²) in [5.74, 6) is 0.627. The predicted molar refractivity (Wildman–Crippen MR) is 50.3 cm³/mol. The van der Waals surface area contributed by atoms with Gasteiger partial charge in [0.15, 0.2) is 11.0 Å². The molecule has 2 heterocycles. The van der Waals surface area contributed by atoms with Gasteiger partial charge in [0, 0.05) is 7.05 Å². The van der Waals surface area contributed by atoms with Crippen molar-refractivity contribution in [1.82, 2.24) is 9.78 Å². The second kappa shape index (κ2) is 2.81. The Bertz CT molecular complexity index is 413. The van der Waals surface area contributed by atoms with Gasteiger partial charge in [-0.25, -0.2) is 0 Å². The third kappa shape index (κ3) is 1.29. The van der Waals surface area contributed by atoms with Crippen LogP contribution in [0.5, 0.6) is 0 Å². The minimum absolute atomic E-state index is 0.343. The van der Waals surface area contributed by atoms with Crippen molar-refractivity contribution < 1.29 is 4.42 Å². The number of anilines is 1. The zero-order valence-electron chi connectivity index (χ0n) is 6.99. The van der Waals surface area contributed by atoms with E-state index in [4.69, 9.17) is 21.8 Å². The standard InChI is InChI=1S/C8H8ClN3O/c1-12-8(5(10)4-11-12)6-2-3-7(9)13-6/h2-4H,10H2,1H3. The van der Waals surface area contributed by atoms with Gasteiger partial charge >= 0.3 is 0 Å². The first-order valence-corrected chi connectivity index (χ1v) is 4.09. The highest BCUT2D eigenvalue weighted by Crippen LogP contribution is 2.28. The van der Waals surface area contributed by atoms with E-state index in [1.807, 2.05) is 0 Å². The molecule has 13 heavy (non-hydrogen) atoms. The first kappa shape index (κ1) is 8.19. The average molecular weight is 198 g/mol. The van der Waals surface area contributed by atoms with E-state index < -0.39 is 0 Å². The van der Waals surface area contributed by atoms with Gasteiger partial charge in [0.25, 0.3) is 0 Å². The Morgan fingerprint density at radius 2 is 2.31 bits per heavy atom. The molecule has 2 aromatic rings. The van der Waals surface area contributed by atoms with E-state index in [-0.39, 0.29) is 0 Å². The van der Waals surface area contributed by atoms with Gasteiger partial charge in [-0.1, -0.05) is 0 Å². The number of nitrogens with two attached hydrogens (primary N) is 1. The third-order valence-electron chi connectivity index (χ3n) is 1.77. The lowest BCUT2D eigenvalue weighted by molar-refractivity contribution is 0.575. The van der Waals surface area contributed by atoms with Gasteiger partial charge in [0.1, 0.15) is 5.69 Å². The van der Waals surface area contributed by atoms with Crippen molar-refractivity contribution in [1.29, 1.82) is 0 Å². The number of nitrogen functional groups attached to an aromatic ring is 1. The number of furan rings is 1. The summed E-state index contributed by atoms with van der Waals surface area (Å²) < 4.78 is 6.86. The van der Waals surface area contributed by atoms with Crippen molar-refractivity contribution in [2.24, 2.45) is 7.05 Å². The zero-order valence-corrected chi connectivity index (χ0v) is 7.75. The van der Waals surface area contributed by atoms with Crippen molar-refractivity contribution in [3.8, 4) is 11.5 Å². The summed E-state index contributed by atoms with van der Waals surface area (Å²) in [5.41, 5.74) is 7.02. The number of rotatable bonds is 1.